The molecule has 0 saturated carbocycles. The molecule has 0 aliphatic heterocycles. The lowest BCUT2D eigenvalue weighted by molar-refractivity contribution is 0.0714. The van der Waals surface area contributed by atoms with E-state index in [1.165, 1.54) is 5.56 Å². The summed E-state index contributed by atoms with van der Waals surface area (Å²) in [5, 5.41) is 0. The highest BCUT2D eigenvalue weighted by Crippen LogP contribution is 2.64. The third-order valence-corrected chi connectivity index (χ3v) is 9.36. The Morgan fingerprint density at radius 2 is 1.04 bits per heavy atom. The molecule has 9 rings (SSSR count). The van der Waals surface area contributed by atoms with Crippen LogP contribution in [0.15, 0.2) is 146 Å². The predicted molar refractivity (Wildman–Crippen MR) is 178 cm³/mol. The first-order chi connectivity index (χ1) is 22.5. The van der Waals surface area contributed by atoms with Crippen LogP contribution in [0.2, 0.25) is 0 Å². The van der Waals surface area contributed by atoms with E-state index in [-0.39, 0.29) is 5.92 Å². The molecule has 4 heteroatoms. The highest BCUT2D eigenvalue weighted by atomic mass is 16.5. The van der Waals surface area contributed by atoms with E-state index in [1.54, 1.807) is 36.4 Å². The zero-order chi connectivity index (χ0) is 31.3. The number of rotatable bonds is 6. The van der Waals surface area contributed by atoms with E-state index in [0.29, 0.717) is 29.0 Å². The van der Waals surface area contributed by atoms with Gasteiger partial charge >= 0.3 is 11.9 Å². The van der Waals surface area contributed by atoms with E-state index in [9.17, 15) is 9.59 Å². The summed E-state index contributed by atoms with van der Waals surface area (Å²) in [6.07, 6.45) is 0.618. The molecule has 0 N–H and O–H groups in total. The SMILES string of the molecule is Cc1ccc(CC23c4ccccc4C(c4ccccc42)c2c(OC(=O)c4ccccc4)ccc(OC(=O)c4ccccc4)c23)cc1. The molecule has 0 spiro atoms. The van der Waals surface area contributed by atoms with Crippen molar-refractivity contribution in [2.45, 2.75) is 24.7 Å². The van der Waals surface area contributed by atoms with Gasteiger partial charge in [0.25, 0.3) is 0 Å². The zero-order valence-electron chi connectivity index (χ0n) is 25.3. The van der Waals surface area contributed by atoms with Gasteiger partial charge in [-0.2, -0.15) is 0 Å². The number of hydrogen-bond donors (Lipinski definition) is 0. The molecule has 0 aromatic heterocycles. The van der Waals surface area contributed by atoms with Crippen LogP contribution in [0.4, 0.5) is 0 Å². The number of esters is 2. The molecular formula is C42H30O4. The molecule has 0 saturated heterocycles. The number of hydrogen-bond acceptors (Lipinski definition) is 4. The Balaban J connectivity index is 1.41. The fourth-order valence-electron chi connectivity index (χ4n) is 7.41. The summed E-state index contributed by atoms with van der Waals surface area (Å²) in [6, 6.07) is 47.2. The second kappa shape index (κ2) is 11.0. The third-order valence-electron chi connectivity index (χ3n) is 9.36. The maximum absolute atomic E-state index is 13.6. The van der Waals surface area contributed by atoms with Crippen molar-refractivity contribution in [1.29, 1.82) is 0 Å². The van der Waals surface area contributed by atoms with Gasteiger partial charge in [-0.3, -0.25) is 0 Å². The second-order valence-corrected chi connectivity index (χ2v) is 12.0. The summed E-state index contributed by atoms with van der Waals surface area (Å²) in [5.41, 5.74) is 8.88. The summed E-state index contributed by atoms with van der Waals surface area (Å²) in [4.78, 5) is 27.2. The van der Waals surface area contributed by atoms with Crippen LogP contribution in [-0.2, 0) is 11.8 Å². The maximum Gasteiger partial charge on any atom is 0.343 e. The maximum atomic E-state index is 13.6. The van der Waals surface area contributed by atoms with Crippen molar-refractivity contribution in [2.75, 3.05) is 0 Å². The first-order valence-corrected chi connectivity index (χ1v) is 15.5. The minimum atomic E-state index is -0.728. The van der Waals surface area contributed by atoms with Crippen LogP contribution >= 0.6 is 0 Å². The van der Waals surface area contributed by atoms with Gasteiger partial charge in [0.2, 0.25) is 0 Å². The Bertz CT molecular complexity index is 2070. The largest absolute Gasteiger partial charge is 0.423 e. The molecule has 6 aromatic carbocycles. The summed E-state index contributed by atoms with van der Waals surface area (Å²) in [5.74, 6) is -0.177. The van der Waals surface area contributed by atoms with Crippen molar-refractivity contribution < 1.29 is 19.1 Å². The van der Waals surface area contributed by atoms with E-state index in [2.05, 4.69) is 79.7 Å². The van der Waals surface area contributed by atoms with Crippen molar-refractivity contribution in [2.24, 2.45) is 0 Å². The minimum absolute atomic E-state index is 0.226. The van der Waals surface area contributed by atoms with E-state index >= 15 is 0 Å². The molecule has 2 bridgehead atoms. The Morgan fingerprint density at radius 3 is 1.61 bits per heavy atom. The van der Waals surface area contributed by atoms with Crippen molar-refractivity contribution in [3.63, 3.8) is 0 Å². The summed E-state index contributed by atoms with van der Waals surface area (Å²) in [7, 11) is 0. The quantitative estimate of drug-likeness (QED) is 0.142. The average Bonchev–Trinajstić information content (AvgIpc) is 3.11. The Morgan fingerprint density at radius 1 is 0.565 bits per heavy atom. The number of carbonyl (C=O) groups excluding carboxylic acids is 2. The van der Waals surface area contributed by atoms with Gasteiger partial charge in [-0.05, 0) is 77.6 Å². The monoisotopic (exact) mass is 598 g/mol. The van der Waals surface area contributed by atoms with Gasteiger partial charge in [0.1, 0.15) is 11.5 Å². The van der Waals surface area contributed by atoms with E-state index in [4.69, 9.17) is 9.47 Å². The summed E-state index contributed by atoms with van der Waals surface area (Å²) >= 11 is 0. The molecule has 0 amide bonds. The number of aryl methyl sites for hydroxylation is 1. The fraction of sp³-hybridized carbons (Fsp3) is 0.0952. The van der Waals surface area contributed by atoms with Gasteiger partial charge in [0.15, 0.2) is 0 Å². The predicted octanol–water partition coefficient (Wildman–Crippen LogP) is 8.82. The van der Waals surface area contributed by atoms with Crippen LogP contribution in [0.5, 0.6) is 11.5 Å². The number of benzene rings is 6. The number of ether oxygens (including phenoxy) is 2. The van der Waals surface area contributed by atoms with Crippen molar-refractivity contribution in [3.05, 3.63) is 201 Å². The molecule has 0 atom stereocenters. The molecule has 3 aliphatic carbocycles. The molecule has 0 heterocycles. The molecule has 3 aliphatic rings. The summed E-state index contributed by atoms with van der Waals surface area (Å²) < 4.78 is 12.6. The summed E-state index contributed by atoms with van der Waals surface area (Å²) in [6.45, 7) is 2.09. The standard InChI is InChI=1S/C42H30O4/c1-27-20-22-28(23-21-27)26-42-33-18-10-8-16-31(33)37(32-17-9-11-19-34(32)42)38-35(45-40(43)29-12-4-2-5-13-29)24-25-36(39(38)42)46-41(44)30-14-6-3-7-15-30/h2-25,37H,26H2,1H3. The van der Waals surface area contributed by atoms with Crippen molar-refractivity contribution in [1.82, 2.24) is 0 Å². The third kappa shape index (κ3) is 4.37. The zero-order valence-corrected chi connectivity index (χ0v) is 25.3. The van der Waals surface area contributed by atoms with E-state index in [1.807, 2.05) is 36.4 Å². The molecule has 6 aromatic rings. The van der Waals surface area contributed by atoms with E-state index in [0.717, 1.165) is 38.9 Å². The first kappa shape index (κ1) is 27.8. The normalized spacial score (nSPS) is 16.9. The highest BCUT2D eigenvalue weighted by molar-refractivity contribution is 5.93. The molecule has 4 nitrogen and oxygen atoms in total. The van der Waals surface area contributed by atoms with Gasteiger partial charge in [0.05, 0.1) is 16.5 Å². The fourth-order valence-corrected chi connectivity index (χ4v) is 7.41. The van der Waals surface area contributed by atoms with Gasteiger partial charge in [-0.25, -0.2) is 9.59 Å². The van der Waals surface area contributed by atoms with Crippen LogP contribution in [0.3, 0.4) is 0 Å². The van der Waals surface area contributed by atoms with Gasteiger partial charge < -0.3 is 9.47 Å². The lowest BCUT2D eigenvalue weighted by atomic mass is 9.51. The van der Waals surface area contributed by atoms with Crippen LogP contribution in [0, 0.1) is 6.92 Å². The van der Waals surface area contributed by atoms with Crippen LogP contribution < -0.4 is 9.47 Å². The Kier molecular flexibility index (Phi) is 6.65. The van der Waals surface area contributed by atoms with Crippen LogP contribution in [0.25, 0.3) is 0 Å². The van der Waals surface area contributed by atoms with Gasteiger partial charge in [0, 0.05) is 17.0 Å². The Labute approximate surface area is 267 Å². The Hall–Kier alpha value is -5.74. The topological polar surface area (TPSA) is 52.6 Å². The van der Waals surface area contributed by atoms with Crippen LogP contribution in [0.1, 0.15) is 71.1 Å². The average molecular weight is 599 g/mol. The molecular weight excluding hydrogens is 568 g/mol. The van der Waals surface area contributed by atoms with E-state index < -0.39 is 17.4 Å². The second-order valence-electron chi connectivity index (χ2n) is 12.0. The van der Waals surface area contributed by atoms with Crippen LogP contribution in [-0.4, -0.2) is 11.9 Å². The van der Waals surface area contributed by atoms with Gasteiger partial charge in [-0.1, -0.05) is 115 Å². The van der Waals surface area contributed by atoms with Crippen molar-refractivity contribution in [3.8, 4) is 11.5 Å². The first-order valence-electron chi connectivity index (χ1n) is 15.5. The lowest BCUT2D eigenvalue weighted by Gasteiger charge is -2.51. The van der Waals surface area contributed by atoms with Crippen molar-refractivity contribution >= 4 is 11.9 Å². The molecule has 0 radical (unpaired) electrons. The molecule has 46 heavy (non-hydrogen) atoms. The smallest absolute Gasteiger partial charge is 0.343 e. The number of carbonyl (C=O) groups is 2. The minimum Gasteiger partial charge on any atom is -0.423 e. The lowest BCUT2D eigenvalue weighted by Crippen LogP contribution is -2.44. The molecule has 0 fully saturated rings. The molecule has 222 valence electrons. The van der Waals surface area contributed by atoms with Gasteiger partial charge in [-0.15, -0.1) is 0 Å². The molecule has 0 unspecified atom stereocenters. The highest BCUT2D eigenvalue weighted by Gasteiger charge is 2.54.